The van der Waals surface area contributed by atoms with Gasteiger partial charge in [-0.05, 0) is 25.1 Å². The molecule has 0 saturated heterocycles. The molecule has 0 amide bonds. The first-order valence-electron chi connectivity index (χ1n) is 4.77. The monoisotopic (exact) mass is 203 g/mol. The standard InChI is InChI=1S/C11H13N3O/c1-8(12)11-5-6-13-14(11)9-3-2-4-10(15)7-9/h2-8,15H,12H2,1H3. The van der Waals surface area contributed by atoms with E-state index in [-0.39, 0.29) is 11.8 Å². The minimum Gasteiger partial charge on any atom is -0.508 e. The van der Waals surface area contributed by atoms with E-state index in [9.17, 15) is 5.11 Å². The Kier molecular flexibility index (Phi) is 2.43. The van der Waals surface area contributed by atoms with Gasteiger partial charge >= 0.3 is 0 Å². The topological polar surface area (TPSA) is 64.1 Å². The summed E-state index contributed by atoms with van der Waals surface area (Å²) in [5.41, 5.74) is 7.54. The lowest BCUT2D eigenvalue weighted by atomic mass is 10.2. The fourth-order valence-electron chi connectivity index (χ4n) is 1.50. The van der Waals surface area contributed by atoms with Crippen LogP contribution in [0.15, 0.2) is 36.5 Å². The molecule has 0 aliphatic heterocycles. The van der Waals surface area contributed by atoms with Crippen molar-refractivity contribution in [3.63, 3.8) is 0 Å². The van der Waals surface area contributed by atoms with Gasteiger partial charge in [0.15, 0.2) is 0 Å². The molecule has 1 heterocycles. The molecule has 0 spiro atoms. The van der Waals surface area contributed by atoms with E-state index in [1.165, 1.54) is 0 Å². The molecule has 0 aliphatic carbocycles. The van der Waals surface area contributed by atoms with Crippen LogP contribution in [0.2, 0.25) is 0 Å². The van der Waals surface area contributed by atoms with Gasteiger partial charge in [-0.15, -0.1) is 0 Å². The maximum absolute atomic E-state index is 9.37. The minimum absolute atomic E-state index is 0.0881. The van der Waals surface area contributed by atoms with Crippen molar-refractivity contribution < 1.29 is 5.11 Å². The van der Waals surface area contributed by atoms with Crippen molar-refractivity contribution in [2.75, 3.05) is 0 Å². The van der Waals surface area contributed by atoms with Crippen molar-refractivity contribution in [2.24, 2.45) is 5.73 Å². The summed E-state index contributed by atoms with van der Waals surface area (Å²) >= 11 is 0. The Morgan fingerprint density at radius 1 is 1.40 bits per heavy atom. The van der Waals surface area contributed by atoms with Crippen LogP contribution in [0.25, 0.3) is 5.69 Å². The Hall–Kier alpha value is -1.81. The van der Waals surface area contributed by atoms with Gasteiger partial charge in [0, 0.05) is 18.3 Å². The van der Waals surface area contributed by atoms with E-state index in [1.807, 2.05) is 19.1 Å². The summed E-state index contributed by atoms with van der Waals surface area (Å²) in [6, 6.07) is 8.71. The van der Waals surface area contributed by atoms with Gasteiger partial charge in [0.1, 0.15) is 5.75 Å². The lowest BCUT2D eigenvalue weighted by Crippen LogP contribution is -2.11. The zero-order valence-electron chi connectivity index (χ0n) is 8.46. The van der Waals surface area contributed by atoms with E-state index < -0.39 is 0 Å². The quantitative estimate of drug-likeness (QED) is 0.779. The fraction of sp³-hybridized carbons (Fsp3) is 0.182. The molecule has 4 heteroatoms. The maximum Gasteiger partial charge on any atom is 0.117 e. The largest absolute Gasteiger partial charge is 0.508 e. The summed E-state index contributed by atoms with van der Waals surface area (Å²) in [4.78, 5) is 0. The van der Waals surface area contributed by atoms with Gasteiger partial charge in [-0.1, -0.05) is 6.07 Å². The highest BCUT2D eigenvalue weighted by molar-refractivity contribution is 5.39. The average molecular weight is 203 g/mol. The van der Waals surface area contributed by atoms with Crippen LogP contribution < -0.4 is 5.73 Å². The predicted octanol–water partition coefficient (Wildman–Crippen LogP) is 1.60. The molecule has 15 heavy (non-hydrogen) atoms. The number of hydrogen-bond acceptors (Lipinski definition) is 3. The van der Waals surface area contributed by atoms with Crippen LogP contribution in [0.1, 0.15) is 18.7 Å². The Balaban J connectivity index is 2.49. The zero-order valence-corrected chi connectivity index (χ0v) is 8.46. The van der Waals surface area contributed by atoms with E-state index >= 15 is 0 Å². The Labute approximate surface area is 88.0 Å². The third-order valence-corrected chi connectivity index (χ3v) is 2.21. The van der Waals surface area contributed by atoms with E-state index in [1.54, 1.807) is 29.1 Å². The Bertz CT molecular complexity index is 462. The number of nitrogens with two attached hydrogens (primary N) is 1. The van der Waals surface area contributed by atoms with E-state index in [0.29, 0.717) is 0 Å². The molecule has 1 atom stereocenters. The summed E-state index contributed by atoms with van der Waals surface area (Å²) < 4.78 is 1.73. The number of rotatable bonds is 2. The molecule has 1 unspecified atom stereocenters. The van der Waals surface area contributed by atoms with Crippen LogP contribution in [-0.4, -0.2) is 14.9 Å². The Morgan fingerprint density at radius 3 is 2.87 bits per heavy atom. The van der Waals surface area contributed by atoms with Crippen molar-refractivity contribution in [1.82, 2.24) is 9.78 Å². The van der Waals surface area contributed by atoms with Gasteiger partial charge in [-0.2, -0.15) is 5.10 Å². The van der Waals surface area contributed by atoms with Crippen LogP contribution in [0.3, 0.4) is 0 Å². The number of phenolic OH excluding ortho intramolecular Hbond substituents is 1. The summed E-state index contributed by atoms with van der Waals surface area (Å²) in [5, 5.41) is 13.5. The lowest BCUT2D eigenvalue weighted by molar-refractivity contribution is 0.474. The maximum atomic E-state index is 9.37. The highest BCUT2D eigenvalue weighted by atomic mass is 16.3. The van der Waals surface area contributed by atoms with Gasteiger partial charge in [-0.3, -0.25) is 0 Å². The number of phenols is 1. The SMILES string of the molecule is CC(N)c1ccnn1-c1cccc(O)c1. The van der Waals surface area contributed by atoms with E-state index in [2.05, 4.69) is 5.10 Å². The minimum atomic E-state index is -0.0881. The Morgan fingerprint density at radius 2 is 2.20 bits per heavy atom. The second-order valence-corrected chi connectivity index (χ2v) is 3.48. The van der Waals surface area contributed by atoms with Crippen LogP contribution in [0.5, 0.6) is 5.75 Å². The molecule has 0 fully saturated rings. The third kappa shape index (κ3) is 1.85. The van der Waals surface area contributed by atoms with Crippen molar-refractivity contribution >= 4 is 0 Å². The van der Waals surface area contributed by atoms with Crippen LogP contribution in [0, 0.1) is 0 Å². The summed E-state index contributed by atoms with van der Waals surface area (Å²) in [7, 11) is 0. The van der Waals surface area contributed by atoms with Gasteiger partial charge < -0.3 is 10.8 Å². The van der Waals surface area contributed by atoms with Crippen molar-refractivity contribution in [3.05, 3.63) is 42.2 Å². The zero-order chi connectivity index (χ0) is 10.8. The first kappa shape index (κ1) is 9.73. The molecular formula is C11H13N3O. The van der Waals surface area contributed by atoms with Crippen LogP contribution >= 0.6 is 0 Å². The van der Waals surface area contributed by atoms with Crippen LogP contribution in [-0.2, 0) is 0 Å². The number of benzene rings is 1. The van der Waals surface area contributed by atoms with Gasteiger partial charge in [0.25, 0.3) is 0 Å². The molecule has 0 aliphatic rings. The summed E-state index contributed by atoms with van der Waals surface area (Å²) in [5.74, 6) is 0.221. The molecular weight excluding hydrogens is 190 g/mol. The molecule has 2 aromatic rings. The summed E-state index contributed by atoms with van der Waals surface area (Å²) in [6.07, 6.45) is 1.70. The first-order valence-corrected chi connectivity index (χ1v) is 4.77. The third-order valence-electron chi connectivity index (χ3n) is 2.21. The fourth-order valence-corrected chi connectivity index (χ4v) is 1.50. The van der Waals surface area contributed by atoms with Crippen molar-refractivity contribution in [2.45, 2.75) is 13.0 Å². The number of aromatic nitrogens is 2. The summed E-state index contributed by atoms with van der Waals surface area (Å²) in [6.45, 7) is 1.90. The molecule has 1 aromatic heterocycles. The first-order chi connectivity index (χ1) is 7.18. The molecule has 0 saturated carbocycles. The number of nitrogens with zero attached hydrogens (tertiary/aromatic N) is 2. The molecule has 3 N–H and O–H groups in total. The molecule has 0 radical (unpaired) electrons. The molecule has 1 aromatic carbocycles. The average Bonchev–Trinajstić information content (AvgIpc) is 2.65. The highest BCUT2D eigenvalue weighted by Gasteiger charge is 2.08. The lowest BCUT2D eigenvalue weighted by Gasteiger charge is -2.10. The smallest absolute Gasteiger partial charge is 0.117 e. The normalized spacial score (nSPS) is 12.7. The van der Waals surface area contributed by atoms with E-state index in [4.69, 9.17) is 5.73 Å². The molecule has 2 rings (SSSR count). The number of hydrogen-bond donors (Lipinski definition) is 2. The molecule has 4 nitrogen and oxygen atoms in total. The van der Waals surface area contributed by atoms with Crippen molar-refractivity contribution in [3.8, 4) is 11.4 Å². The predicted molar refractivity (Wildman–Crippen MR) is 57.8 cm³/mol. The number of aromatic hydroxyl groups is 1. The van der Waals surface area contributed by atoms with E-state index in [0.717, 1.165) is 11.4 Å². The van der Waals surface area contributed by atoms with Crippen molar-refractivity contribution in [1.29, 1.82) is 0 Å². The second kappa shape index (κ2) is 3.74. The van der Waals surface area contributed by atoms with Gasteiger partial charge in [-0.25, -0.2) is 4.68 Å². The highest BCUT2D eigenvalue weighted by Crippen LogP contribution is 2.18. The van der Waals surface area contributed by atoms with Gasteiger partial charge in [0.05, 0.1) is 11.4 Å². The van der Waals surface area contributed by atoms with Crippen LogP contribution in [0.4, 0.5) is 0 Å². The second-order valence-electron chi connectivity index (χ2n) is 3.48. The molecule has 0 bridgehead atoms. The molecule has 78 valence electrons. The van der Waals surface area contributed by atoms with Gasteiger partial charge in [0.2, 0.25) is 0 Å².